The maximum Gasteiger partial charge on any atom is 0.315 e. The maximum absolute atomic E-state index is 12.8. The van der Waals surface area contributed by atoms with Crippen LogP contribution in [0.3, 0.4) is 0 Å². The van der Waals surface area contributed by atoms with Crippen LogP contribution in [0.15, 0.2) is 36.4 Å². The normalized spacial score (nSPS) is 18.4. The van der Waals surface area contributed by atoms with Crippen LogP contribution in [0.2, 0.25) is 5.02 Å². The number of esters is 1. The summed E-state index contributed by atoms with van der Waals surface area (Å²) in [6, 6.07) is 11.7. The Morgan fingerprint density at radius 1 is 1.24 bits per heavy atom. The molecule has 7 heteroatoms. The molecule has 0 aromatic heterocycles. The Kier molecular flexibility index (Phi) is 5.37. The summed E-state index contributed by atoms with van der Waals surface area (Å²) in [5.41, 5.74) is 3.85. The molecule has 2 aromatic rings. The molecule has 0 spiro atoms. The number of aryl methyl sites for hydroxylation is 1. The number of ether oxygens (including phenoxy) is 1. The Balaban J connectivity index is 1.34. The first-order valence-corrected chi connectivity index (χ1v) is 10.2. The third kappa shape index (κ3) is 4.17. The molecule has 152 valence electrons. The van der Waals surface area contributed by atoms with Crippen molar-refractivity contribution in [3.63, 3.8) is 0 Å². The van der Waals surface area contributed by atoms with E-state index in [-0.39, 0.29) is 24.5 Å². The van der Waals surface area contributed by atoms with Gasteiger partial charge in [-0.15, -0.1) is 0 Å². The lowest BCUT2D eigenvalue weighted by atomic mass is 10.1. The average Bonchev–Trinajstić information content (AvgIpc) is 3.07. The Bertz CT molecular complexity index is 962. The van der Waals surface area contributed by atoms with Gasteiger partial charge in [-0.2, -0.15) is 0 Å². The van der Waals surface area contributed by atoms with Gasteiger partial charge in [0.1, 0.15) is 5.75 Å². The zero-order valence-electron chi connectivity index (χ0n) is 16.6. The first-order valence-electron chi connectivity index (χ1n) is 9.79. The summed E-state index contributed by atoms with van der Waals surface area (Å²) in [7, 11) is 0. The molecule has 2 aromatic carbocycles. The van der Waals surface area contributed by atoms with Crippen LogP contribution in [0.5, 0.6) is 5.75 Å². The van der Waals surface area contributed by atoms with Crippen molar-refractivity contribution in [2.75, 3.05) is 36.4 Å². The number of halogens is 1. The predicted molar refractivity (Wildman–Crippen MR) is 114 cm³/mol. The number of piperazine rings is 1. The number of fused-ring (bicyclic) bond motifs is 1. The van der Waals surface area contributed by atoms with Crippen molar-refractivity contribution < 1.29 is 14.3 Å². The Morgan fingerprint density at radius 3 is 2.83 bits per heavy atom. The van der Waals surface area contributed by atoms with E-state index < -0.39 is 0 Å². The number of amides is 1. The molecule has 1 saturated heterocycles. The number of carbonyl (C=O) groups is 2. The molecular formula is C22H24ClN3O3. The number of hydrogen-bond acceptors (Lipinski definition) is 5. The van der Waals surface area contributed by atoms with Crippen LogP contribution in [0, 0.1) is 6.92 Å². The smallest absolute Gasteiger partial charge is 0.315 e. The second kappa shape index (κ2) is 7.95. The lowest BCUT2D eigenvalue weighted by Gasteiger charge is -2.41. The summed E-state index contributed by atoms with van der Waals surface area (Å²) >= 11 is 6.13. The highest BCUT2D eigenvalue weighted by Crippen LogP contribution is 2.29. The lowest BCUT2D eigenvalue weighted by Crippen LogP contribution is -2.55. The quantitative estimate of drug-likeness (QED) is 0.615. The van der Waals surface area contributed by atoms with Crippen LogP contribution in [-0.2, 0) is 16.0 Å². The van der Waals surface area contributed by atoms with E-state index in [0.717, 1.165) is 40.6 Å². The number of nitrogens with one attached hydrogen (secondary N) is 1. The minimum atomic E-state index is -0.240. The molecule has 1 fully saturated rings. The summed E-state index contributed by atoms with van der Waals surface area (Å²) in [5, 5.41) is 3.92. The monoisotopic (exact) mass is 413 g/mol. The molecule has 0 bridgehead atoms. The highest BCUT2D eigenvalue weighted by molar-refractivity contribution is 6.31. The van der Waals surface area contributed by atoms with Gasteiger partial charge in [0, 0.05) is 53.7 Å². The first-order chi connectivity index (χ1) is 13.9. The molecule has 6 nitrogen and oxygen atoms in total. The van der Waals surface area contributed by atoms with Crippen molar-refractivity contribution in [3.05, 3.63) is 52.5 Å². The lowest BCUT2D eigenvalue weighted by molar-refractivity contribution is -0.132. The van der Waals surface area contributed by atoms with E-state index in [2.05, 4.69) is 23.2 Å². The van der Waals surface area contributed by atoms with E-state index in [9.17, 15) is 9.59 Å². The van der Waals surface area contributed by atoms with Crippen molar-refractivity contribution in [1.29, 1.82) is 0 Å². The summed E-state index contributed by atoms with van der Waals surface area (Å²) in [6.45, 7) is 6.51. The molecule has 0 unspecified atom stereocenters. The molecule has 2 aliphatic rings. The van der Waals surface area contributed by atoms with E-state index in [1.54, 1.807) is 6.07 Å². The molecule has 1 N–H and O–H groups in total. The van der Waals surface area contributed by atoms with Gasteiger partial charge in [0.15, 0.2) is 0 Å². The Morgan fingerprint density at radius 2 is 2.07 bits per heavy atom. The fraction of sp³-hybridized carbons (Fsp3) is 0.364. The highest BCUT2D eigenvalue weighted by atomic mass is 35.5. The summed E-state index contributed by atoms with van der Waals surface area (Å²) < 4.78 is 5.17. The third-order valence-electron chi connectivity index (χ3n) is 5.52. The van der Waals surface area contributed by atoms with Crippen molar-refractivity contribution in [1.82, 2.24) is 4.90 Å². The number of rotatable bonds is 4. The molecular weight excluding hydrogens is 390 g/mol. The van der Waals surface area contributed by atoms with Crippen LogP contribution in [0.4, 0.5) is 11.4 Å². The largest absolute Gasteiger partial charge is 0.426 e. The second-order valence-corrected chi connectivity index (χ2v) is 8.05. The number of carbonyl (C=O) groups excluding carboxylic acids is 2. The van der Waals surface area contributed by atoms with Crippen molar-refractivity contribution in [3.8, 4) is 5.75 Å². The van der Waals surface area contributed by atoms with Gasteiger partial charge in [0.05, 0.1) is 13.0 Å². The fourth-order valence-corrected chi connectivity index (χ4v) is 4.00. The van der Waals surface area contributed by atoms with Crippen LogP contribution in [-0.4, -0.2) is 49.0 Å². The minimum Gasteiger partial charge on any atom is -0.426 e. The summed E-state index contributed by atoms with van der Waals surface area (Å²) in [4.78, 5) is 28.3. The topological polar surface area (TPSA) is 61.9 Å². The molecule has 1 amide bonds. The Hall–Kier alpha value is -2.73. The third-order valence-corrected chi connectivity index (χ3v) is 5.95. The van der Waals surface area contributed by atoms with Crippen molar-refractivity contribution in [2.24, 2.45) is 0 Å². The predicted octanol–water partition coefficient (Wildman–Crippen LogP) is 3.26. The molecule has 2 heterocycles. The standard InChI is InChI=1S/C22H24ClN3O3/c1-14-9-18(5-6-19(14)23)25-7-8-26(15(2)13-25)21(27)12-24-17-4-3-16-10-22(28)29-20(16)11-17/h3-6,9,11,15,24H,7-8,10,12-13H2,1-2H3/t15-/m1/s1. The van der Waals surface area contributed by atoms with Crippen LogP contribution in [0.1, 0.15) is 18.1 Å². The zero-order chi connectivity index (χ0) is 20.5. The molecule has 0 aliphatic carbocycles. The SMILES string of the molecule is Cc1cc(N2CCN(C(=O)CNc3ccc4c(c3)OC(=O)C4)[C@H](C)C2)ccc1Cl. The van der Waals surface area contributed by atoms with Gasteiger partial charge >= 0.3 is 5.97 Å². The molecule has 4 rings (SSSR count). The average molecular weight is 414 g/mol. The molecule has 0 saturated carbocycles. The van der Waals surface area contributed by atoms with E-state index in [4.69, 9.17) is 16.3 Å². The van der Waals surface area contributed by atoms with Gasteiger partial charge in [-0.05, 0) is 43.7 Å². The van der Waals surface area contributed by atoms with Crippen molar-refractivity contribution >= 4 is 34.9 Å². The van der Waals surface area contributed by atoms with Gasteiger partial charge in [0.2, 0.25) is 5.91 Å². The van der Waals surface area contributed by atoms with Gasteiger partial charge in [-0.1, -0.05) is 17.7 Å². The zero-order valence-corrected chi connectivity index (χ0v) is 17.3. The van der Waals surface area contributed by atoms with Crippen molar-refractivity contribution in [2.45, 2.75) is 26.3 Å². The fourth-order valence-electron chi connectivity index (χ4n) is 3.89. The number of anilines is 2. The molecule has 1 atom stereocenters. The van der Waals surface area contributed by atoms with E-state index in [0.29, 0.717) is 18.7 Å². The van der Waals surface area contributed by atoms with Gasteiger partial charge < -0.3 is 19.9 Å². The first kappa shape index (κ1) is 19.6. The van der Waals surface area contributed by atoms with E-state index in [1.165, 1.54) is 0 Å². The highest BCUT2D eigenvalue weighted by Gasteiger charge is 2.27. The van der Waals surface area contributed by atoms with Gasteiger partial charge in [0.25, 0.3) is 0 Å². The van der Waals surface area contributed by atoms with E-state index >= 15 is 0 Å². The van der Waals surface area contributed by atoms with Gasteiger partial charge in [-0.3, -0.25) is 9.59 Å². The maximum atomic E-state index is 12.8. The van der Waals surface area contributed by atoms with Gasteiger partial charge in [-0.25, -0.2) is 0 Å². The summed E-state index contributed by atoms with van der Waals surface area (Å²) in [6.07, 6.45) is 0.309. The van der Waals surface area contributed by atoms with Crippen LogP contribution < -0.4 is 15.0 Å². The molecule has 29 heavy (non-hydrogen) atoms. The second-order valence-electron chi connectivity index (χ2n) is 7.64. The Labute approximate surface area is 175 Å². The minimum absolute atomic E-state index is 0.0573. The van der Waals surface area contributed by atoms with Crippen LogP contribution >= 0.6 is 11.6 Å². The number of nitrogens with zero attached hydrogens (tertiary/aromatic N) is 2. The van der Waals surface area contributed by atoms with Crippen LogP contribution in [0.25, 0.3) is 0 Å². The molecule has 0 radical (unpaired) electrons. The molecule has 2 aliphatic heterocycles. The number of benzene rings is 2. The number of hydrogen-bond donors (Lipinski definition) is 1. The summed E-state index contributed by atoms with van der Waals surface area (Å²) in [5.74, 6) is 0.394. The van der Waals surface area contributed by atoms with E-state index in [1.807, 2.05) is 36.1 Å².